The highest BCUT2D eigenvalue weighted by Gasteiger charge is 2.23. The van der Waals surface area contributed by atoms with E-state index < -0.39 is 5.91 Å². The van der Waals surface area contributed by atoms with E-state index in [4.69, 9.17) is 15.5 Å². The quantitative estimate of drug-likeness (QED) is 0.609. The van der Waals surface area contributed by atoms with Crippen LogP contribution in [0.2, 0.25) is 0 Å². The first-order valence-corrected chi connectivity index (χ1v) is 10.2. The van der Waals surface area contributed by atoms with Crippen molar-refractivity contribution in [3.8, 4) is 11.1 Å². The number of pyridine rings is 2. The van der Waals surface area contributed by atoms with Crippen molar-refractivity contribution in [2.45, 2.75) is 12.5 Å². The number of fused-ring (bicyclic) bond motifs is 1. The molecule has 2 fully saturated rings. The SMILES string of the molecule is NC(=O)c1ccc(-c2cc(N3CCOCC3)nc3c(C4CCNN4)nccc23)cc1. The van der Waals surface area contributed by atoms with Crippen LogP contribution in [0.1, 0.15) is 28.5 Å². The molecule has 0 bridgehead atoms. The molecule has 2 aliphatic heterocycles. The van der Waals surface area contributed by atoms with Gasteiger partial charge >= 0.3 is 0 Å². The van der Waals surface area contributed by atoms with Crippen molar-refractivity contribution in [1.82, 2.24) is 20.8 Å². The van der Waals surface area contributed by atoms with Gasteiger partial charge in [-0.25, -0.2) is 10.4 Å². The Bertz CT molecular complexity index is 1070. The molecular weight excluding hydrogens is 380 g/mol. The number of amides is 1. The van der Waals surface area contributed by atoms with E-state index in [1.807, 2.05) is 24.4 Å². The van der Waals surface area contributed by atoms with Crippen molar-refractivity contribution >= 4 is 22.6 Å². The standard InChI is InChI=1S/C22H24N6O2/c23-22(29)15-3-1-14(2-4-15)17-13-19(28-9-11-30-12-10-28)26-20-16(17)5-7-24-21(20)18-6-8-25-27-18/h1-5,7,13,18,25,27H,6,8-12H2,(H2,23,29). The predicted octanol–water partition coefficient (Wildman–Crippen LogP) is 1.77. The fourth-order valence-electron chi connectivity index (χ4n) is 4.11. The molecule has 1 unspecified atom stereocenters. The normalized spacial score (nSPS) is 19.3. The van der Waals surface area contributed by atoms with Crippen LogP contribution in [0.4, 0.5) is 5.82 Å². The Balaban J connectivity index is 1.69. The van der Waals surface area contributed by atoms with E-state index in [1.165, 1.54) is 0 Å². The number of primary amides is 1. The molecule has 8 heteroatoms. The number of benzene rings is 1. The smallest absolute Gasteiger partial charge is 0.248 e. The number of rotatable bonds is 4. The fraction of sp³-hybridized carbons (Fsp3) is 0.318. The molecule has 2 saturated heterocycles. The van der Waals surface area contributed by atoms with Crippen LogP contribution in [0.15, 0.2) is 42.6 Å². The minimum atomic E-state index is -0.429. The van der Waals surface area contributed by atoms with Gasteiger partial charge in [0.25, 0.3) is 0 Å². The Labute approximate surface area is 174 Å². The number of nitrogens with zero attached hydrogens (tertiary/aromatic N) is 3. The number of hydrazine groups is 1. The Morgan fingerprint density at radius 1 is 1.17 bits per heavy atom. The number of nitrogens with two attached hydrogens (primary N) is 1. The minimum absolute atomic E-state index is 0.117. The van der Waals surface area contributed by atoms with E-state index in [1.54, 1.807) is 12.1 Å². The van der Waals surface area contributed by atoms with Gasteiger partial charge in [-0.1, -0.05) is 12.1 Å². The van der Waals surface area contributed by atoms with Gasteiger partial charge in [-0.3, -0.25) is 15.2 Å². The monoisotopic (exact) mass is 404 g/mol. The van der Waals surface area contributed by atoms with Crippen LogP contribution in [0.3, 0.4) is 0 Å². The lowest BCUT2D eigenvalue weighted by atomic mass is 9.98. The van der Waals surface area contributed by atoms with Gasteiger partial charge in [0.05, 0.1) is 30.5 Å². The molecule has 4 heterocycles. The molecule has 2 aromatic heterocycles. The lowest BCUT2D eigenvalue weighted by Gasteiger charge is -2.29. The number of hydrogen-bond donors (Lipinski definition) is 3. The van der Waals surface area contributed by atoms with Gasteiger partial charge in [-0.2, -0.15) is 0 Å². The van der Waals surface area contributed by atoms with Gasteiger partial charge in [0.2, 0.25) is 5.91 Å². The highest BCUT2D eigenvalue weighted by atomic mass is 16.5. The largest absolute Gasteiger partial charge is 0.378 e. The number of aromatic nitrogens is 2. The molecule has 154 valence electrons. The maximum absolute atomic E-state index is 11.5. The number of morpholine rings is 1. The summed E-state index contributed by atoms with van der Waals surface area (Å²) in [5.74, 6) is 0.487. The van der Waals surface area contributed by atoms with Crippen molar-refractivity contribution in [2.75, 3.05) is 37.7 Å². The molecule has 0 saturated carbocycles. The third kappa shape index (κ3) is 3.49. The first-order valence-electron chi connectivity index (χ1n) is 10.2. The fourth-order valence-corrected chi connectivity index (χ4v) is 4.11. The molecule has 8 nitrogen and oxygen atoms in total. The Kier molecular flexibility index (Phi) is 5.04. The van der Waals surface area contributed by atoms with Crippen molar-refractivity contribution in [3.05, 3.63) is 53.9 Å². The van der Waals surface area contributed by atoms with E-state index in [9.17, 15) is 4.79 Å². The second-order valence-electron chi connectivity index (χ2n) is 7.57. The van der Waals surface area contributed by atoms with E-state index >= 15 is 0 Å². The number of carbonyl (C=O) groups is 1. The average molecular weight is 404 g/mol. The van der Waals surface area contributed by atoms with Crippen LogP contribution in [0.25, 0.3) is 22.0 Å². The van der Waals surface area contributed by atoms with Crippen LogP contribution in [0.5, 0.6) is 0 Å². The zero-order chi connectivity index (χ0) is 20.5. The van der Waals surface area contributed by atoms with Crippen LogP contribution in [-0.2, 0) is 4.74 Å². The van der Waals surface area contributed by atoms with Crippen LogP contribution >= 0.6 is 0 Å². The zero-order valence-corrected chi connectivity index (χ0v) is 16.6. The van der Waals surface area contributed by atoms with Crippen molar-refractivity contribution in [1.29, 1.82) is 0 Å². The second-order valence-corrected chi connectivity index (χ2v) is 7.57. The summed E-state index contributed by atoms with van der Waals surface area (Å²) in [4.78, 5) is 23.5. The number of ether oxygens (including phenoxy) is 1. The molecule has 0 radical (unpaired) electrons. The van der Waals surface area contributed by atoms with Crippen molar-refractivity contribution in [3.63, 3.8) is 0 Å². The summed E-state index contributed by atoms with van der Waals surface area (Å²) in [6, 6.07) is 11.7. The maximum atomic E-state index is 11.5. The Hall–Kier alpha value is -3.07. The van der Waals surface area contributed by atoms with Crippen LogP contribution in [-0.4, -0.2) is 48.7 Å². The number of anilines is 1. The lowest BCUT2D eigenvalue weighted by molar-refractivity contribution is 0.100. The molecule has 0 aliphatic carbocycles. The molecule has 4 N–H and O–H groups in total. The van der Waals surface area contributed by atoms with Gasteiger partial charge in [0.1, 0.15) is 5.82 Å². The summed E-state index contributed by atoms with van der Waals surface area (Å²) < 4.78 is 5.52. The number of nitrogens with one attached hydrogen (secondary N) is 2. The van der Waals surface area contributed by atoms with E-state index in [0.29, 0.717) is 18.8 Å². The first-order chi connectivity index (χ1) is 14.7. The molecule has 3 aromatic rings. The topological polar surface area (TPSA) is 105 Å². The lowest BCUT2D eigenvalue weighted by Crippen LogP contribution is -2.36. The van der Waals surface area contributed by atoms with Crippen molar-refractivity contribution in [2.24, 2.45) is 5.73 Å². The van der Waals surface area contributed by atoms with Gasteiger partial charge in [0, 0.05) is 36.8 Å². The third-order valence-corrected chi connectivity index (χ3v) is 5.72. The van der Waals surface area contributed by atoms with Crippen LogP contribution in [0, 0.1) is 0 Å². The summed E-state index contributed by atoms with van der Waals surface area (Å²) in [5.41, 5.74) is 16.3. The first kappa shape index (κ1) is 18.9. The van der Waals surface area contributed by atoms with E-state index in [0.717, 1.165) is 59.6 Å². The van der Waals surface area contributed by atoms with E-state index in [-0.39, 0.29) is 6.04 Å². The number of hydrogen-bond acceptors (Lipinski definition) is 7. The molecule has 1 amide bonds. The van der Waals surface area contributed by atoms with Crippen LogP contribution < -0.4 is 21.5 Å². The Morgan fingerprint density at radius 2 is 1.97 bits per heavy atom. The average Bonchev–Trinajstić information content (AvgIpc) is 3.33. The van der Waals surface area contributed by atoms with Gasteiger partial charge in [0.15, 0.2) is 0 Å². The minimum Gasteiger partial charge on any atom is -0.378 e. The van der Waals surface area contributed by atoms with E-state index in [2.05, 4.69) is 26.8 Å². The molecule has 5 rings (SSSR count). The highest BCUT2D eigenvalue weighted by Crippen LogP contribution is 2.35. The van der Waals surface area contributed by atoms with Gasteiger partial charge < -0.3 is 15.4 Å². The summed E-state index contributed by atoms with van der Waals surface area (Å²) in [6.07, 6.45) is 2.80. The molecular formula is C22H24N6O2. The third-order valence-electron chi connectivity index (χ3n) is 5.72. The highest BCUT2D eigenvalue weighted by molar-refractivity contribution is 5.98. The summed E-state index contributed by atoms with van der Waals surface area (Å²) >= 11 is 0. The Morgan fingerprint density at radius 3 is 2.67 bits per heavy atom. The molecule has 0 spiro atoms. The summed E-state index contributed by atoms with van der Waals surface area (Å²) in [6.45, 7) is 3.88. The van der Waals surface area contributed by atoms with Crippen molar-refractivity contribution < 1.29 is 9.53 Å². The predicted molar refractivity (Wildman–Crippen MR) is 115 cm³/mol. The number of carbonyl (C=O) groups excluding carboxylic acids is 1. The molecule has 1 aromatic carbocycles. The summed E-state index contributed by atoms with van der Waals surface area (Å²) in [7, 11) is 0. The molecule has 1 atom stereocenters. The molecule has 30 heavy (non-hydrogen) atoms. The molecule has 2 aliphatic rings. The maximum Gasteiger partial charge on any atom is 0.248 e. The summed E-state index contributed by atoms with van der Waals surface area (Å²) in [5, 5.41) is 1.04. The van der Waals surface area contributed by atoms with Gasteiger partial charge in [-0.15, -0.1) is 0 Å². The zero-order valence-electron chi connectivity index (χ0n) is 16.6. The second kappa shape index (κ2) is 7.98. The van der Waals surface area contributed by atoms with Gasteiger partial charge in [-0.05, 0) is 41.8 Å².